The van der Waals surface area contributed by atoms with Crippen molar-refractivity contribution < 1.29 is 4.79 Å². The van der Waals surface area contributed by atoms with Crippen LogP contribution >= 0.6 is 0 Å². The molecular weight excluding hydrogens is 248 g/mol. The van der Waals surface area contributed by atoms with Crippen molar-refractivity contribution in [1.29, 1.82) is 0 Å². The first-order chi connectivity index (χ1) is 9.51. The highest BCUT2D eigenvalue weighted by Gasteiger charge is 2.33. The Kier molecular flexibility index (Phi) is 7.57. The van der Waals surface area contributed by atoms with Gasteiger partial charge >= 0.3 is 0 Å². The first kappa shape index (κ1) is 17.5. The maximum Gasteiger partial charge on any atom is 0.227 e. The summed E-state index contributed by atoms with van der Waals surface area (Å²) in [5.74, 6) is 0.889. The zero-order valence-corrected chi connectivity index (χ0v) is 13.9. The van der Waals surface area contributed by atoms with Gasteiger partial charge in [-0.1, -0.05) is 47.0 Å². The third-order valence-electron chi connectivity index (χ3n) is 4.61. The maximum atomic E-state index is 13.0. The Labute approximate surface area is 125 Å². The fourth-order valence-corrected chi connectivity index (χ4v) is 3.40. The highest BCUT2D eigenvalue weighted by Crippen LogP contribution is 2.26. The molecule has 1 aliphatic carbocycles. The molecule has 3 nitrogen and oxygen atoms in total. The average molecular weight is 282 g/mol. The summed E-state index contributed by atoms with van der Waals surface area (Å²) in [7, 11) is 0. The third-order valence-corrected chi connectivity index (χ3v) is 4.61. The smallest absolute Gasteiger partial charge is 0.227 e. The third kappa shape index (κ3) is 4.76. The normalized spacial score (nSPS) is 23.9. The van der Waals surface area contributed by atoms with Crippen LogP contribution in [-0.2, 0) is 4.79 Å². The molecule has 0 aromatic heterocycles. The Morgan fingerprint density at radius 1 is 1.15 bits per heavy atom. The molecule has 0 radical (unpaired) electrons. The molecule has 2 N–H and O–H groups in total. The van der Waals surface area contributed by atoms with Gasteiger partial charge < -0.3 is 10.6 Å². The second kappa shape index (κ2) is 8.66. The van der Waals surface area contributed by atoms with Crippen LogP contribution in [0.25, 0.3) is 0 Å². The molecule has 0 aromatic rings. The van der Waals surface area contributed by atoms with Gasteiger partial charge in [0.15, 0.2) is 0 Å². The summed E-state index contributed by atoms with van der Waals surface area (Å²) in [6, 6.07) is 0.439. The number of nitrogens with two attached hydrogens (primary N) is 1. The van der Waals surface area contributed by atoms with Crippen molar-refractivity contribution in [2.75, 3.05) is 6.54 Å². The zero-order valence-electron chi connectivity index (χ0n) is 13.9. The second-order valence-corrected chi connectivity index (χ2v) is 6.76. The summed E-state index contributed by atoms with van der Waals surface area (Å²) in [6.07, 6.45) is 7.63. The largest absolute Gasteiger partial charge is 0.339 e. The molecule has 1 saturated carbocycles. The van der Waals surface area contributed by atoms with Crippen LogP contribution < -0.4 is 5.73 Å². The van der Waals surface area contributed by atoms with Gasteiger partial charge in [-0.2, -0.15) is 0 Å². The molecule has 1 rings (SSSR count). The minimum atomic E-state index is 0.0526. The maximum absolute atomic E-state index is 13.0. The Bertz CT molecular complexity index is 287. The Hall–Kier alpha value is -0.570. The topological polar surface area (TPSA) is 46.3 Å². The van der Waals surface area contributed by atoms with Gasteiger partial charge in [0.05, 0.1) is 5.92 Å². The van der Waals surface area contributed by atoms with E-state index in [0.29, 0.717) is 17.9 Å². The van der Waals surface area contributed by atoms with Crippen molar-refractivity contribution in [3.05, 3.63) is 0 Å². The number of hydrogen-bond acceptors (Lipinski definition) is 2. The Morgan fingerprint density at radius 3 is 2.30 bits per heavy atom. The van der Waals surface area contributed by atoms with Crippen LogP contribution in [0.15, 0.2) is 0 Å². The van der Waals surface area contributed by atoms with Gasteiger partial charge in [0, 0.05) is 18.6 Å². The van der Waals surface area contributed by atoms with E-state index in [-0.39, 0.29) is 12.0 Å². The average Bonchev–Trinajstić information content (AvgIpc) is 2.62. The lowest BCUT2D eigenvalue weighted by atomic mass is 9.92. The van der Waals surface area contributed by atoms with E-state index in [0.717, 1.165) is 38.6 Å². The van der Waals surface area contributed by atoms with Gasteiger partial charge in [0.25, 0.3) is 0 Å². The lowest BCUT2D eigenvalue weighted by Crippen LogP contribution is -2.49. The number of nitrogens with zero attached hydrogens (tertiary/aromatic N) is 1. The Balaban J connectivity index is 2.84. The van der Waals surface area contributed by atoms with Gasteiger partial charge in [-0.3, -0.25) is 4.79 Å². The molecule has 0 aromatic carbocycles. The summed E-state index contributed by atoms with van der Waals surface area (Å²) in [4.78, 5) is 15.1. The van der Waals surface area contributed by atoms with E-state index in [1.165, 1.54) is 12.8 Å². The minimum absolute atomic E-state index is 0.0526. The molecule has 118 valence electrons. The molecule has 0 heterocycles. The van der Waals surface area contributed by atoms with Crippen LogP contribution in [0.3, 0.4) is 0 Å². The van der Waals surface area contributed by atoms with Crippen LogP contribution in [0, 0.1) is 11.8 Å². The lowest BCUT2D eigenvalue weighted by molar-refractivity contribution is -0.139. The van der Waals surface area contributed by atoms with Crippen molar-refractivity contribution >= 4 is 5.91 Å². The molecule has 0 spiro atoms. The van der Waals surface area contributed by atoms with Crippen LogP contribution in [0.5, 0.6) is 0 Å². The number of carbonyl (C=O) groups is 1. The molecule has 0 aliphatic heterocycles. The van der Waals surface area contributed by atoms with Crippen LogP contribution in [-0.4, -0.2) is 29.4 Å². The lowest BCUT2D eigenvalue weighted by Gasteiger charge is -2.36. The van der Waals surface area contributed by atoms with Gasteiger partial charge in [0.1, 0.15) is 0 Å². The summed E-state index contributed by atoms with van der Waals surface area (Å²) in [5, 5.41) is 0. The molecule has 20 heavy (non-hydrogen) atoms. The molecule has 0 saturated heterocycles. The summed E-state index contributed by atoms with van der Waals surface area (Å²) in [5.41, 5.74) is 6.28. The number of rotatable bonds is 6. The summed E-state index contributed by atoms with van der Waals surface area (Å²) >= 11 is 0. The van der Waals surface area contributed by atoms with Gasteiger partial charge in [0.2, 0.25) is 5.91 Å². The SMILES string of the molecule is CCC(CC)N(CC(C)C)C(=O)C1CCCCCC1N. The van der Waals surface area contributed by atoms with E-state index in [9.17, 15) is 4.79 Å². The monoisotopic (exact) mass is 282 g/mol. The minimum Gasteiger partial charge on any atom is -0.339 e. The molecule has 1 fully saturated rings. The van der Waals surface area contributed by atoms with E-state index in [1.54, 1.807) is 0 Å². The predicted molar refractivity (Wildman–Crippen MR) is 85.5 cm³/mol. The summed E-state index contributed by atoms with van der Waals surface area (Å²) in [6.45, 7) is 9.61. The second-order valence-electron chi connectivity index (χ2n) is 6.76. The number of amides is 1. The molecule has 2 atom stereocenters. The molecule has 3 heteroatoms. The van der Waals surface area contributed by atoms with Crippen LogP contribution in [0.4, 0.5) is 0 Å². The van der Waals surface area contributed by atoms with Crippen molar-refractivity contribution in [3.8, 4) is 0 Å². The number of carbonyl (C=O) groups excluding carboxylic acids is 1. The zero-order chi connectivity index (χ0) is 15.1. The molecular formula is C17H34N2O. The highest BCUT2D eigenvalue weighted by atomic mass is 16.2. The fraction of sp³-hybridized carbons (Fsp3) is 0.941. The van der Waals surface area contributed by atoms with E-state index in [1.807, 2.05) is 0 Å². The first-order valence-corrected chi connectivity index (χ1v) is 8.57. The molecule has 1 aliphatic rings. The van der Waals surface area contributed by atoms with Gasteiger partial charge in [-0.05, 0) is 31.6 Å². The van der Waals surface area contributed by atoms with Crippen molar-refractivity contribution in [2.45, 2.75) is 84.7 Å². The molecule has 0 bridgehead atoms. The van der Waals surface area contributed by atoms with E-state index in [2.05, 4.69) is 32.6 Å². The summed E-state index contributed by atoms with van der Waals surface area (Å²) < 4.78 is 0. The van der Waals surface area contributed by atoms with Crippen LogP contribution in [0.1, 0.15) is 72.6 Å². The standard InChI is InChI=1S/C17H34N2O/c1-5-14(6-2)19(12-13(3)4)17(20)15-10-8-7-9-11-16(15)18/h13-16H,5-12,18H2,1-4H3. The fourth-order valence-electron chi connectivity index (χ4n) is 3.40. The van der Waals surface area contributed by atoms with Crippen molar-refractivity contribution in [1.82, 2.24) is 4.90 Å². The highest BCUT2D eigenvalue weighted by molar-refractivity contribution is 5.80. The van der Waals surface area contributed by atoms with E-state index in [4.69, 9.17) is 5.73 Å². The number of hydrogen-bond donors (Lipinski definition) is 1. The van der Waals surface area contributed by atoms with E-state index < -0.39 is 0 Å². The van der Waals surface area contributed by atoms with Crippen molar-refractivity contribution in [2.24, 2.45) is 17.6 Å². The molecule has 2 unspecified atom stereocenters. The Morgan fingerprint density at radius 2 is 1.75 bits per heavy atom. The van der Waals surface area contributed by atoms with Gasteiger partial charge in [-0.25, -0.2) is 0 Å². The van der Waals surface area contributed by atoms with E-state index >= 15 is 0 Å². The van der Waals surface area contributed by atoms with Crippen LogP contribution in [0.2, 0.25) is 0 Å². The van der Waals surface area contributed by atoms with Crippen molar-refractivity contribution in [3.63, 3.8) is 0 Å². The predicted octanol–water partition coefficient (Wildman–Crippen LogP) is 3.57. The van der Waals surface area contributed by atoms with Gasteiger partial charge in [-0.15, -0.1) is 0 Å². The molecule has 1 amide bonds. The first-order valence-electron chi connectivity index (χ1n) is 8.57. The quantitative estimate of drug-likeness (QED) is 0.757.